The van der Waals surface area contributed by atoms with Crippen molar-refractivity contribution in [2.45, 2.75) is 33.4 Å². The number of carbonyl (C=O) groups is 1. The number of rotatable bonds is 5. The minimum Gasteiger partial charge on any atom is -0.454 e. The van der Waals surface area contributed by atoms with Crippen LogP contribution in [0.1, 0.15) is 22.9 Å². The second-order valence-corrected chi connectivity index (χ2v) is 9.54. The molecule has 0 bridgehead atoms. The highest BCUT2D eigenvalue weighted by Crippen LogP contribution is 2.34. The molecule has 0 radical (unpaired) electrons. The van der Waals surface area contributed by atoms with Gasteiger partial charge in [-0.3, -0.25) is 9.69 Å². The maximum atomic E-state index is 13.1. The molecule has 8 nitrogen and oxygen atoms in total. The molecule has 1 unspecified atom stereocenters. The third-order valence-electron chi connectivity index (χ3n) is 6.22. The third-order valence-corrected chi connectivity index (χ3v) is 7.33. The molecular formula is C23H27N5O3S. The summed E-state index contributed by atoms with van der Waals surface area (Å²) < 4.78 is 10.9. The van der Waals surface area contributed by atoms with E-state index in [2.05, 4.69) is 40.1 Å². The number of carbonyl (C=O) groups excluding carboxylic acids is 1. The molecule has 4 heterocycles. The third kappa shape index (κ3) is 3.98. The number of amides is 1. The van der Waals surface area contributed by atoms with Crippen LogP contribution in [0.4, 0.5) is 5.82 Å². The number of thiophene rings is 1. The van der Waals surface area contributed by atoms with Crippen LogP contribution in [-0.4, -0.2) is 64.7 Å². The fourth-order valence-electron chi connectivity index (χ4n) is 4.26. The predicted molar refractivity (Wildman–Crippen MR) is 124 cm³/mol. The van der Waals surface area contributed by atoms with Crippen LogP contribution in [-0.2, 0) is 11.3 Å². The lowest BCUT2D eigenvalue weighted by Gasteiger charge is -2.36. The van der Waals surface area contributed by atoms with E-state index in [-0.39, 0.29) is 18.7 Å². The molecule has 32 heavy (non-hydrogen) atoms. The van der Waals surface area contributed by atoms with Gasteiger partial charge in [0.1, 0.15) is 23.0 Å². The molecule has 168 valence electrons. The lowest BCUT2D eigenvalue weighted by atomic mass is 10.1. The number of nitrogens with zero attached hydrogens (tertiary/aromatic N) is 4. The van der Waals surface area contributed by atoms with Crippen LogP contribution < -0.4 is 14.8 Å². The number of nitrogens with one attached hydrogen (secondary N) is 1. The Hall–Kier alpha value is -2.91. The highest BCUT2D eigenvalue weighted by atomic mass is 32.1. The van der Waals surface area contributed by atoms with Gasteiger partial charge in [-0.05, 0) is 44.0 Å². The number of anilines is 1. The van der Waals surface area contributed by atoms with E-state index in [0.29, 0.717) is 13.1 Å². The first-order chi connectivity index (χ1) is 15.5. The first-order valence-electron chi connectivity index (χ1n) is 10.9. The quantitative estimate of drug-likeness (QED) is 0.636. The van der Waals surface area contributed by atoms with Crippen molar-refractivity contribution in [3.63, 3.8) is 0 Å². The average molecular weight is 454 g/mol. The summed E-state index contributed by atoms with van der Waals surface area (Å²) in [5.41, 5.74) is 2.36. The van der Waals surface area contributed by atoms with Crippen molar-refractivity contribution < 1.29 is 14.3 Å². The van der Waals surface area contributed by atoms with Crippen molar-refractivity contribution in [1.82, 2.24) is 19.8 Å². The van der Waals surface area contributed by atoms with Crippen molar-refractivity contribution in [1.29, 1.82) is 0 Å². The number of hydrogen-bond donors (Lipinski definition) is 1. The smallest absolute Gasteiger partial charge is 0.244 e. The lowest BCUT2D eigenvalue weighted by molar-refractivity contribution is -0.133. The summed E-state index contributed by atoms with van der Waals surface area (Å²) in [5.74, 6) is 2.45. The zero-order chi connectivity index (χ0) is 22.2. The van der Waals surface area contributed by atoms with Gasteiger partial charge in [0.25, 0.3) is 0 Å². The van der Waals surface area contributed by atoms with Crippen LogP contribution in [0.15, 0.2) is 24.5 Å². The van der Waals surface area contributed by atoms with Gasteiger partial charge in [0.05, 0.1) is 5.39 Å². The van der Waals surface area contributed by atoms with Crippen molar-refractivity contribution in [2.75, 3.05) is 38.3 Å². The Bertz CT molecular complexity index is 1160. The fraction of sp³-hybridized carbons (Fsp3) is 0.435. The molecule has 2 aromatic heterocycles. The Morgan fingerprint density at radius 3 is 2.75 bits per heavy atom. The lowest BCUT2D eigenvalue weighted by Crippen LogP contribution is -2.51. The second-order valence-electron chi connectivity index (χ2n) is 8.34. The first kappa shape index (κ1) is 21.0. The molecule has 0 aliphatic carbocycles. The molecule has 1 amide bonds. The van der Waals surface area contributed by atoms with E-state index in [9.17, 15) is 4.79 Å². The summed E-state index contributed by atoms with van der Waals surface area (Å²) in [6.07, 6.45) is 1.56. The summed E-state index contributed by atoms with van der Waals surface area (Å²) in [5, 5.41) is 4.35. The van der Waals surface area contributed by atoms with E-state index in [1.54, 1.807) is 17.7 Å². The Morgan fingerprint density at radius 1 is 1.16 bits per heavy atom. The van der Waals surface area contributed by atoms with Crippen LogP contribution in [0.3, 0.4) is 0 Å². The van der Waals surface area contributed by atoms with Gasteiger partial charge in [-0.15, -0.1) is 11.3 Å². The Labute approximate surface area is 191 Å². The molecule has 0 saturated carbocycles. The molecule has 9 heteroatoms. The zero-order valence-corrected chi connectivity index (χ0v) is 19.4. The molecular weight excluding hydrogens is 426 g/mol. The molecule has 0 spiro atoms. The number of hydrogen-bond acceptors (Lipinski definition) is 8. The van der Waals surface area contributed by atoms with Crippen molar-refractivity contribution in [2.24, 2.45) is 0 Å². The maximum absolute atomic E-state index is 13.1. The van der Waals surface area contributed by atoms with Gasteiger partial charge in [0, 0.05) is 37.6 Å². The van der Waals surface area contributed by atoms with Gasteiger partial charge < -0.3 is 19.7 Å². The van der Waals surface area contributed by atoms with E-state index in [1.165, 1.54) is 16.0 Å². The molecule has 1 atom stereocenters. The minimum atomic E-state index is -0.354. The van der Waals surface area contributed by atoms with Gasteiger partial charge in [0.2, 0.25) is 12.7 Å². The van der Waals surface area contributed by atoms with Crippen molar-refractivity contribution in [3.05, 3.63) is 40.5 Å². The van der Waals surface area contributed by atoms with Gasteiger partial charge in [-0.2, -0.15) is 0 Å². The summed E-state index contributed by atoms with van der Waals surface area (Å²) >= 11 is 1.66. The average Bonchev–Trinajstić information content (AvgIpc) is 3.38. The SMILES string of the molecule is Cc1sc2ncnc(NC(C)C(=O)N3CCN(Cc4ccc5c(c4)OCO5)CC3)c2c1C. The monoisotopic (exact) mass is 453 g/mol. The first-order valence-corrected chi connectivity index (χ1v) is 11.7. The number of benzene rings is 1. The molecule has 1 fully saturated rings. The van der Waals surface area contributed by atoms with Gasteiger partial charge >= 0.3 is 0 Å². The largest absolute Gasteiger partial charge is 0.454 e. The Kier molecular flexibility index (Phi) is 5.60. The number of fused-ring (bicyclic) bond motifs is 2. The van der Waals surface area contributed by atoms with E-state index in [4.69, 9.17) is 9.47 Å². The number of piperazine rings is 1. The van der Waals surface area contributed by atoms with Gasteiger partial charge in [-0.25, -0.2) is 9.97 Å². The van der Waals surface area contributed by atoms with Gasteiger partial charge in [0.15, 0.2) is 11.5 Å². The summed E-state index contributed by atoms with van der Waals surface area (Å²) in [4.78, 5) is 28.4. The van der Waals surface area contributed by atoms with E-state index < -0.39 is 0 Å². The normalized spacial score (nSPS) is 17.0. The second kappa shape index (κ2) is 8.55. The van der Waals surface area contributed by atoms with Crippen molar-refractivity contribution >= 4 is 33.3 Å². The number of aromatic nitrogens is 2. The van der Waals surface area contributed by atoms with E-state index in [0.717, 1.165) is 47.2 Å². The van der Waals surface area contributed by atoms with E-state index in [1.807, 2.05) is 24.0 Å². The Balaban J connectivity index is 1.18. The molecule has 3 aromatic rings. The number of aryl methyl sites for hydroxylation is 2. The summed E-state index contributed by atoms with van der Waals surface area (Å²) in [6.45, 7) is 10.3. The van der Waals surface area contributed by atoms with Crippen LogP contribution in [0, 0.1) is 13.8 Å². The topological polar surface area (TPSA) is 79.8 Å². The van der Waals surface area contributed by atoms with Gasteiger partial charge in [-0.1, -0.05) is 6.07 Å². The molecule has 5 rings (SSSR count). The van der Waals surface area contributed by atoms with Crippen LogP contribution in [0.2, 0.25) is 0 Å². The predicted octanol–water partition coefficient (Wildman–Crippen LogP) is 3.18. The Morgan fingerprint density at radius 2 is 1.94 bits per heavy atom. The van der Waals surface area contributed by atoms with Crippen molar-refractivity contribution in [3.8, 4) is 11.5 Å². The maximum Gasteiger partial charge on any atom is 0.244 e. The number of ether oxygens (including phenoxy) is 2. The summed E-state index contributed by atoms with van der Waals surface area (Å²) in [6, 6.07) is 5.73. The zero-order valence-electron chi connectivity index (χ0n) is 18.6. The molecule has 2 aliphatic heterocycles. The highest BCUT2D eigenvalue weighted by molar-refractivity contribution is 7.18. The standard InChI is InChI=1S/C23H27N5O3S/c1-14-16(3)32-22-20(14)21(24-12-25-22)26-15(2)23(29)28-8-6-27(7-9-28)11-17-4-5-18-19(10-17)31-13-30-18/h4-5,10,12,15H,6-9,11,13H2,1-3H3,(H,24,25,26). The van der Waals surface area contributed by atoms with Crippen LogP contribution in [0.25, 0.3) is 10.2 Å². The summed E-state index contributed by atoms with van der Waals surface area (Å²) in [7, 11) is 0. The van der Waals surface area contributed by atoms with Crippen LogP contribution >= 0.6 is 11.3 Å². The molecule has 1 aromatic carbocycles. The molecule has 2 aliphatic rings. The fourth-order valence-corrected chi connectivity index (χ4v) is 5.25. The van der Waals surface area contributed by atoms with Crippen LogP contribution in [0.5, 0.6) is 11.5 Å². The molecule has 1 N–H and O–H groups in total. The minimum absolute atomic E-state index is 0.101. The van der Waals surface area contributed by atoms with E-state index >= 15 is 0 Å². The highest BCUT2D eigenvalue weighted by Gasteiger charge is 2.26. The molecule has 1 saturated heterocycles.